The van der Waals surface area contributed by atoms with Crippen LogP contribution in [0.1, 0.15) is 6.92 Å². The van der Waals surface area contributed by atoms with Gasteiger partial charge in [-0.2, -0.15) is 0 Å². The second-order valence-electron chi connectivity index (χ2n) is 2.45. The lowest BCUT2D eigenvalue weighted by Gasteiger charge is -2.09. The molecule has 0 aliphatic heterocycles. The van der Waals surface area contributed by atoms with Gasteiger partial charge in [0, 0.05) is 25.0 Å². The lowest BCUT2D eigenvalue weighted by molar-refractivity contribution is -0.110. The van der Waals surface area contributed by atoms with Crippen LogP contribution in [0.3, 0.4) is 0 Å². The number of carbonyl (C=O) groups is 1. The molecule has 1 aromatic heterocycles. The Kier molecular flexibility index (Phi) is 2.66. The number of amides is 1. The summed E-state index contributed by atoms with van der Waals surface area (Å²) in [4.78, 5) is 13.9. The first-order chi connectivity index (χ1) is 5.33. The third-order valence-electron chi connectivity index (χ3n) is 1.40. The topological polar surface area (TPSA) is 46.9 Å². The predicted octanol–water partition coefficient (Wildman–Crippen LogP) is 0.0176. The summed E-state index contributed by atoms with van der Waals surface area (Å²) in [6.07, 6.45) is 6.02. The Bertz CT molecular complexity index is 207. The number of aromatic nitrogens is 2. The predicted molar refractivity (Wildman–Crippen MR) is 40.9 cm³/mol. The van der Waals surface area contributed by atoms with Crippen molar-refractivity contribution in [1.29, 1.82) is 0 Å². The fourth-order valence-electron chi connectivity index (χ4n) is 0.880. The zero-order chi connectivity index (χ0) is 8.10. The summed E-state index contributed by atoms with van der Waals surface area (Å²) in [5.74, 6) is 0. The molecule has 0 radical (unpaired) electrons. The van der Waals surface area contributed by atoms with Crippen LogP contribution in [0, 0.1) is 0 Å². The van der Waals surface area contributed by atoms with Gasteiger partial charge in [-0.15, -0.1) is 0 Å². The monoisotopic (exact) mass is 153 g/mol. The first-order valence-corrected chi connectivity index (χ1v) is 3.48. The maximum Gasteiger partial charge on any atom is 0.207 e. The molecule has 0 fully saturated rings. The standard InChI is InChI=1S/C7H11N3O/c1-7(9-6-11)4-10-3-2-8-5-10/h2-3,5-7H,4H2,1H3,(H,9,11). The Balaban J connectivity index is 2.37. The minimum absolute atomic E-state index is 0.154. The van der Waals surface area contributed by atoms with E-state index >= 15 is 0 Å². The molecule has 1 atom stereocenters. The van der Waals surface area contributed by atoms with Gasteiger partial charge in [0.15, 0.2) is 0 Å². The molecule has 4 heteroatoms. The number of carbonyl (C=O) groups excluding carboxylic acids is 1. The first kappa shape index (κ1) is 7.78. The van der Waals surface area contributed by atoms with Gasteiger partial charge in [-0.1, -0.05) is 0 Å². The highest BCUT2D eigenvalue weighted by Gasteiger charge is 1.98. The molecule has 1 unspecified atom stereocenters. The van der Waals surface area contributed by atoms with E-state index in [2.05, 4.69) is 10.3 Å². The van der Waals surface area contributed by atoms with Crippen molar-refractivity contribution in [2.45, 2.75) is 19.5 Å². The molecule has 0 bridgehead atoms. The molecule has 0 saturated heterocycles. The molecule has 0 saturated carbocycles. The van der Waals surface area contributed by atoms with Gasteiger partial charge >= 0.3 is 0 Å². The Morgan fingerprint density at radius 3 is 3.18 bits per heavy atom. The summed E-state index contributed by atoms with van der Waals surface area (Å²) < 4.78 is 1.92. The van der Waals surface area contributed by atoms with Crippen LogP contribution in [0.4, 0.5) is 0 Å². The first-order valence-electron chi connectivity index (χ1n) is 3.48. The van der Waals surface area contributed by atoms with Crippen molar-refractivity contribution in [2.24, 2.45) is 0 Å². The summed E-state index contributed by atoms with van der Waals surface area (Å²) in [7, 11) is 0. The maximum atomic E-state index is 10.0. The van der Waals surface area contributed by atoms with E-state index < -0.39 is 0 Å². The molecule has 0 aromatic carbocycles. The molecule has 60 valence electrons. The minimum Gasteiger partial charge on any atom is -0.354 e. The van der Waals surface area contributed by atoms with E-state index in [0.717, 1.165) is 6.54 Å². The summed E-state index contributed by atoms with van der Waals surface area (Å²) in [5.41, 5.74) is 0. The number of nitrogens with zero attached hydrogens (tertiary/aromatic N) is 2. The van der Waals surface area contributed by atoms with Gasteiger partial charge in [0.25, 0.3) is 0 Å². The van der Waals surface area contributed by atoms with Crippen molar-refractivity contribution in [3.8, 4) is 0 Å². The summed E-state index contributed by atoms with van der Waals surface area (Å²) in [5, 5.41) is 2.65. The van der Waals surface area contributed by atoms with E-state index in [9.17, 15) is 4.79 Å². The van der Waals surface area contributed by atoms with Crippen molar-refractivity contribution < 1.29 is 4.79 Å². The van der Waals surface area contributed by atoms with E-state index in [-0.39, 0.29) is 6.04 Å². The SMILES string of the molecule is CC(Cn1ccnc1)NC=O. The van der Waals surface area contributed by atoms with Gasteiger partial charge < -0.3 is 9.88 Å². The minimum atomic E-state index is 0.154. The summed E-state index contributed by atoms with van der Waals surface area (Å²) in [6, 6.07) is 0.154. The average Bonchev–Trinajstić information content (AvgIpc) is 2.40. The number of imidazole rings is 1. The van der Waals surface area contributed by atoms with Crippen molar-refractivity contribution >= 4 is 6.41 Å². The van der Waals surface area contributed by atoms with E-state index in [1.807, 2.05) is 17.7 Å². The highest BCUT2D eigenvalue weighted by atomic mass is 16.1. The molecule has 1 heterocycles. The highest BCUT2D eigenvalue weighted by Crippen LogP contribution is 1.89. The molecular weight excluding hydrogens is 142 g/mol. The molecule has 1 aromatic rings. The van der Waals surface area contributed by atoms with Crippen LogP contribution in [-0.2, 0) is 11.3 Å². The van der Waals surface area contributed by atoms with Gasteiger partial charge in [0.05, 0.1) is 6.33 Å². The highest BCUT2D eigenvalue weighted by molar-refractivity contribution is 5.46. The lowest BCUT2D eigenvalue weighted by Crippen LogP contribution is -2.28. The van der Waals surface area contributed by atoms with E-state index in [1.165, 1.54) is 0 Å². The van der Waals surface area contributed by atoms with Crippen molar-refractivity contribution in [3.05, 3.63) is 18.7 Å². The van der Waals surface area contributed by atoms with Crippen LogP contribution >= 0.6 is 0 Å². The average molecular weight is 153 g/mol. The zero-order valence-electron chi connectivity index (χ0n) is 6.40. The molecule has 1 amide bonds. The fraction of sp³-hybridized carbons (Fsp3) is 0.429. The lowest BCUT2D eigenvalue weighted by atomic mass is 10.3. The Labute approximate surface area is 65.2 Å². The Morgan fingerprint density at radius 1 is 1.82 bits per heavy atom. The van der Waals surface area contributed by atoms with Gasteiger partial charge in [0.2, 0.25) is 6.41 Å². The number of hydrogen-bond donors (Lipinski definition) is 1. The smallest absolute Gasteiger partial charge is 0.207 e. The maximum absolute atomic E-state index is 10.0. The molecule has 11 heavy (non-hydrogen) atoms. The van der Waals surface area contributed by atoms with E-state index in [1.54, 1.807) is 12.5 Å². The summed E-state index contributed by atoms with van der Waals surface area (Å²) >= 11 is 0. The molecular formula is C7H11N3O. The second kappa shape index (κ2) is 3.75. The fourth-order valence-corrected chi connectivity index (χ4v) is 0.880. The Hall–Kier alpha value is -1.32. The van der Waals surface area contributed by atoms with Crippen molar-refractivity contribution in [3.63, 3.8) is 0 Å². The third-order valence-corrected chi connectivity index (χ3v) is 1.40. The number of rotatable bonds is 4. The van der Waals surface area contributed by atoms with Crippen molar-refractivity contribution in [2.75, 3.05) is 0 Å². The quantitative estimate of drug-likeness (QED) is 0.620. The molecule has 1 N–H and O–H groups in total. The number of hydrogen-bond acceptors (Lipinski definition) is 2. The zero-order valence-corrected chi connectivity index (χ0v) is 6.40. The molecule has 0 aliphatic rings. The van der Waals surface area contributed by atoms with Gasteiger partial charge in [-0.25, -0.2) is 4.98 Å². The van der Waals surface area contributed by atoms with Crippen LogP contribution < -0.4 is 5.32 Å². The molecule has 1 rings (SSSR count). The molecule has 0 aliphatic carbocycles. The van der Waals surface area contributed by atoms with Crippen LogP contribution in [0.2, 0.25) is 0 Å². The van der Waals surface area contributed by atoms with E-state index in [4.69, 9.17) is 0 Å². The van der Waals surface area contributed by atoms with Crippen LogP contribution in [0.25, 0.3) is 0 Å². The third kappa shape index (κ3) is 2.41. The van der Waals surface area contributed by atoms with Crippen LogP contribution in [0.5, 0.6) is 0 Å². The number of nitrogens with one attached hydrogen (secondary N) is 1. The van der Waals surface area contributed by atoms with Gasteiger partial charge in [-0.3, -0.25) is 4.79 Å². The molecule has 0 spiro atoms. The van der Waals surface area contributed by atoms with Gasteiger partial charge in [0.1, 0.15) is 0 Å². The van der Waals surface area contributed by atoms with Gasteiger partial charge in [-0.05, 0) is 6.92 Å². The van der Waals surface area contributed by atoms with Crippen molar-refractivity contribution in [1.82, 2.24) is 14.9 Å². The second-order valence-corrected chi connectivity index (χ2v) is 2.45. The molecule has 4 nitrogen and oxygen atoms in total. The van der Waals surface area contributed by atoms with E-state index in [0.29, 0.717) is 6.41 Å². The van der Waals surface area contributed by atoms with Crippen LogP contribution in [-0.4, -0.2) is 22.0 Å². The largest absolute Gasteiger partial charge is 0.354 e. The Morgan fingerprint density at radius 2 is 2.64 bits per heavy atom. The van der Waals surface area contributed by atoms with Crippen LogP contribution in [0.15, 0.2) is 18.7 Å². The normalized spacial score (nSPS) is 12.5. The summed E-state index contributed by atoms with van der Waals surface area (Å²) in [6.45, 7) is 2.70.